The van der Waals surface area contributed by atoms with Gasteiger partial charge in [0.1, 0.15) is 11.4 Å². The number of rotatable bonds is 5. The molecule has 1 fully saturated rings. The molecule has 0 spiro atoms. The summed E-state index contributed by atoms with van der Waals surface area (Å²) < 4.78 is 5.25. The Labute approximate surface area is 103 Å². The lowest BCUT2D eigenvalue weighted by molar-refractivity contribution is 0.128. The minimum atomic E-state index is 0.714. The summed E-state index contributed by atoms with van der Waals surface area (Å²) in [5.41, 5.74) is 3.88. The fourth-order valence-electron chi connectivity index (χ4n) is 2.32. The Balaban J connectivity index is 1.77. The number of benzene rings is 1. The maximum Gasteiger partial charge on any atom is 0.144 e. The van der Waals surface area contributed by atoms with Crippen LogP contribution in [0, 0.1) is 5.92 Å². The molecular weight excluding hydrogens is 214 g/mol. The molecule has 1 aliphatic rings. The van der Waals surface area contributed by atoms with E-state index in [0.29, 0.717) is 5.92 Å². The second-order valence-electron chi connectivity index (χ2n) is 4.62. The van der Waals surface area contributed by atoms with Crippen LogP contribution in [0.2, 0.25) is 0 Å². The third-order valence-electron chi connectivity index (χ3n) is 3.33. The predicted molar refractivity (Wildman–Crippen MR) is 69.1 cm³/mol. The predicted octanol–water partition coefficient (Wildman–Crippen LogP) is 3.62. The highest BCUT2D eigenvalue weighted by Crippen LogP contribution is 2.25. The first-order chi connectivity index (χ1) is 8.40. The highest BCUT2D eigenvalue weighted by atomic mass is 16.6. The smallest absolute Gasteiger partial charge is 0.144 e. The Morgan fingerprint density at radius 3 is 2.71 bits per heavy atom. The topological polar surface area (TPSA) is 30.5 Å². The van der Waals surface area contributed by atoms with E-state index in [4.69, 9.17) is 9.57 Å². The minimum absolute atomic E-state index is 0.714. The summed E-state index contributed by atoms with van der Waals surface area (Å²) in [4.78, 5) is 5.57. The van der Waals surface area contributed by atoms with Crippen LogP contribution in [0.5, 0.6) is 5.75 Å². The maximum atomic E-state index is 5.57. The second-order valence-corrected chi connectivity index (χ2v) is 4.62. The molecule has 3 heteroatoms. The number of nitrogens with one attached hydrogen (secondary N) is 1. The van der Waals surface area contributed by atoms with Crippen molar-refractivity contribution in [1.29, 1.82) is 0 Å². The highest BCUT2D eigenvalue weighted by molar-refractivity contribution is 5.54. The number of hydrogen-bond donors (Lipinski definition) is 1. The molecule has 0 aromatic heterocycles. The molecule has 1 saturated carbocycles. The Hall–Kier alpha value is -1.22. The first kappa shape index (κ1) is 12.2. The second kappa shape index (κ2) is 6.50. The van der Waals surface area contributed by atoms with Crippen molar-refractivity contribution in [3.8, 4) is 5.75 Å². The molecule has 0 heterocycles. The zero-order chi connectivity index (χ0) is 11.9. The van der Waals surface area contributed by atoms with E-state index in [2.05, 4.69) is 5.48 Å². The molecule has 0 saturated heterocycles. The van der Waals surface area contributed by atoms with Crippen LogP contribution < -0.4 is 10.2 Å². The lowest BCUT2D eigenvalue weighted by Crippen LogP contribution is -2.16. The number of anilines is 1. The lowest BCUT2D eigenvalue weighted by atomic mass is 9.90. The van der Waals surface area contributed by atoms with Crippen molar-refractivity contribution in [2.24, 2.45) is 5.92 Å². The number of ether oxygens (including phenoxy) is 1. The normalized spacial score (nSPS) is 16.8. The third kappa shape index (κ3) is 3.63. The summed E-state index contributed by atoms with van der Waals surface area (Å²) in [6.07, 6.45) is 6.68. The summed E-state index contributed by atoms with van der Waals surface area (Å²) in [6, 6.07) is 7.80. The van der Waals surface area contributed by atoms with Gasteiger partial charge in [-0.25, -0.2) is 0 Å². The molecule has 0 aliphatic heterocycles. The molecule has 2 rings (SSSR count). The van der Waals surface area contributed by atoms with Gasteiger partial charge in [-0.2, -0.15) is 0 Å². The van der Waals surface area contributed by atoms with Gasteiger partial charge < -0.3 is 4.74 Å². The van der Waals surface area contributed by atoms with Crippen molar-refractivity contribution in [1.82, 2.24) is 0 Å². The van der Waals surface area contributed by atoms with Crippen molar-refractivity contribution in [3.63, 3.8) is 0 Å². The van der Waals surface area contributed by atoms with Crippen LogP contribution in [-0.2, 0) is 4.84 Å². The van der Waals surface area contributed by atoms with E-state index in [-0.39, 0.29) is 0 Å². The molecule has 1 aromatic rings. The van der Waals surface area contributed by atoms with Gasteiger partial charge in [-0.05, 0) is 30.9 Å². The molecule has 0 atom stereocenters. The van der Waals surface area contributed by atoms with Crippen molar-refractivity contribution >= 4 is 5.69 Å². The molecule has 0 radical (unpaired) electrons. The van der Waals surface area contributed by atoms with Crippen LogP contribution in [0.1, 0.15) is 32.1 Å². The van der Waals surface area contributed by atoms with Crippen molar-refractivity contribution in [3.05, 3.63) is 24.3 Å². The Kier molecular flexibility index (Phi) is 4.68. The summed E-state index contributed by atoms with van der Waals surface area (Å²) in [5.74, 6) is 1.53. The van der Waals surface area contributed by atoms with E-state index in [1.807, 2.05) is 24.3 Å². The summed E-state index contributed by atoms with van der Waals surface area (Å²) in [5, 5.41) is 0. The Morgan fingerprint density at radius 1 is 1.18 bits per heavy atom. The molecule has 0 bridgehead atoms. The summed E-state index contributed by atoms with van der Waals surface area (Å²) >= 11 is 0. The first-order valence-electron chi connectivity index (χ1n) is 6.41. The van der Waals surface area contributed by atoms with Crippen molar-refractivity contribution < 1.29 is 9.57 Å². The number of para-hydroxylation sites is 2. The Morgan fingerprint density at radius 2 is 1.94 bits per heavy atom. The molecule has 3 nitrogen and oxygen atoms in total. The molecule has 17 heavy (non-hydrogen) atoms. The van der Waals surface area contributed by atoms with Crippen molar-refractivity contribution in [2.75, 3.05) is 19.2 Å². The van der Waals surface area contributed by atoms with E-state index in [9.17, 15) is 0 Å². The Bertz CT molecular complexity index is 335. The number of hydrogen-bond acceptors (Lipinski definition) is 3. The van der Waals surface area contributed by atoms with Crippen LogP contribution in [0.25, 0.3) is 0 Å². The van der Waals surface area contributed by atoms with Crippen LogP contribution in [0.15, 0.2) is 24.3 Å². The largest absolute Gasteiger partial charge is 0.495 e. The van der Waals surface area contributed by atoms with E-state index < -0.39 is 0 Å². The molecule has 1 aliphatic carbocycles. The average Bonchev–Trinajstić information content (AvgIpc) is 2.40. The van der Waals surface area contributed by atoms with Gasteiger partial charge in [0.2, 0.25) is 0 Å². The maximum absolute atomic E-state index is 5.57. The highest BCUT2D eigenvalue weighted by Gasteiger charge is 2.13. The average molecular weight is 235 g/mol. The summed E-state index contributed by atoms with van der Waals surface area (Å²) in [7, 11) is 1.67. The molecule has 94 valence electrons. The van der Waals surface area contributed by atoms with E-state index in [1.165, 1.54) is 32.1 Å². The quantitative estimate of drug-likeness (QED) is 0.791. The van der Waals surface area contributed by atoms with Gasteiger partial charge in [-0.15, -0.1) is 0 Å². The van der Waals surface area contributed by atoms with Gasteiger partial charge in [0.25, 0.3) is 0 Å². The third-order valence-corrected chi connectivity index (χ3v) is 3.33. The standard InChI is InChI=1S/C14H21NO2/c1-16-14-10-6-5-9-13(14)15-17-11-12-7-3-2-4-8-12/h5-6,9-10,12,15H,2-4,7-8,11H2,1H3. The monoisotopic (exact) mass is 235 g/mol. The molecule has 1 aromatic carbocycles. The SMILES string of the molecule is COc1ccccc1NOCC1CCCCC1. The van der Waals surface area contributed by atoms with E-state index in [0.717, 1.165) is 18.0 Å². The van der Waals surface area contributed by atoms with Gasteiger partial charge in [0.15, 0.2) is 0 Å². The van der Waals surface area contributed by atoms with Crippen LogP contribution in [-0.4, -0.2) is 13.7 Å². The molecule has 0 unspecified atom stereocenters. The van der Waals surface area contributed by atoms with Crippen LogP contribution in [0.3, 0.4) is 0 Å². The minimum Gasteiger partial charge on any atom is -0.495 e. The van der Waals surface area contributed by atoms with Gasteiger partial charge in [-0.3, -0.25) is 10.3 Å². The first-order valence-corrected chi connectivity index (χ1v) is 6.41. The fraction of sp³-hybridized carbons (Fsp3) is 0.571. The van der Waals surface area contributed by atoms with E-state index >= 15 is 0 Å². The summed E-state index contributed by atoms with van der Waals surface area (Å²) in [6.45, 7) is 0.790. The fourth-order valence-corrected chi connectivity index (χ4v) is 2.32. The van der Waals surface area contributed by atoms with Gasteiger partial charge in [0, 0.05) is 0 Å². The zero-order valence-corrected chi connectivity index (χ0v) is 10.4. The van der Waals surface area contributed by atoms with E-state index in [1.54, 1.807) is 7.11 Å². The van der Waals surface area contributed by atoms with Gasteiger partial charge in [-0.1, -0.05) is 31.4 Å². The van der Waals surface area contributed by atoms with Gasteiger partial charge >= 0.3 is 0 Å². The van der Waals surface area contributed by atoms with Crippen LogP contribution in [0.4, 0.5) is 5.69 Å². The van der Waals surface area contributed by atoms with Crippen molar-refractivity contribution in [2.45, 2.75) is 32.1 Å². The molecular formula is C14H21NO2. The number of methoxy groups -OCH3 is 1. The van der Waals surface area contributed by atoms with Gasteiger partial charge in [0.05, 0.1) is 13.7 Å². The zero-order valence-electron chi connectivity index (χ0n) is 10.4. The van der Waals surface area contributed by atoms with Crippen LogP contribution >= 0.6 is 0 Å². The lowest BCUT2D eigenvalue weighted by Gasteiger charge is -2.21. The molecule has 1 N–H and O–H groups in total. The molecule has 0 amide bonds.